The van der Waals surface area contributed by atoms with E-state index in [0.717, 1.165) is 30.9 Å². The zero-order valence-corrected chi connectivity index (χ0v) is 11.2. The summed E-state index contributed by atoms with van der Waals surface area (Å²) in [6.07, 6.45) is 1.13. The quantitative estimate of drug-likeness (QED) is 0.875. The van der Waals surface area contributed by atoms with Crippen molar-refractivity contribution in [3.8, 4) is 0 Å². The highest BCUT2D eigenvalue weighted by Gasteiger charge is 1.99. The summed E-state index contributed by atoms with van der Waals surface area (Å²) in [5.74, 6) is 0. The Hall–Kier alpha value is -1.19. The summed E-state index contributed by atoms with van der Waals surface area (Å²) in [7, 11) is 0. The third-order valence-corrected chi connectivity index (χ3v) is 3.85. The van der Waals surface area contributed by atoms with Crippen molar-refractivity contribution < 1.29 is 0 Å². The van der Waals surface area contributed by atoms with Gasteiger partial charge in [-0.3, -0.25) is 4.98 Å². The molecule has 0 aromatic carbocycles. The lowest BCUT2D eigenvalue weighted by Gasteiger charge is -2.03. The fraction of sp³-hybridized carbons (Fsp3) is 0.357. The minimum Gasteiger partial charge on any atom is -0.306 e. The Morgan fingerprint density at radius 3 is 2.65 bits per heavy atom. The van der Waals surface area contributed by atoms with Gasteiger partial charge in [-0.05, 0) is 37.6 Å². The van der Waals surface area contributed by atoms with Crippen molar-refractivity contribution in [3.05, 3.63) is 51.5 Å². The van der Waals surface area contributed by atoms with Gasteiger partial charge in [-0.1, -0.05) is 13.0 Å². The van der Waals surface area contributed by atoms with Gasteiger partial charge in [0.05, 0.1) is 5.69 Å². The molecule has 0 amide bonds. The van der Waals surface area contributed by atoms with Crippen LogP contribution < -0.4 is 5.32 Å². The SMILES string of the molecule is CCc1ccc(CNCc2cccc(C)n2)s1. The van der Waals surface area contributed by atoms with Crippen LogP contribution in [0.3, 0.4) is 0 Å². The van der Waals surface area contributed by atoms with Gasteiger partial charge in [0, 0.05) is 28.5 Å². The molecule has 0 saturated carbocycles. The van der Waals surface area contributed by atoms with Gasteiger partial charge >= 0.3 is 0 Å². The molecule has 0 radical (unpaired) electrons. The van der Waals surface area contributed by atoms with Gasteiger partial charge < -0.3 is 5.32 Å². The standard InChI is InChI=1S/C14H18N2S/c1-3-13-7-8-14(17-13)10-15-9-12-6-4-5-11(2)16-12/h4-8,15H,3,9-10H2,1-2H3. The Morgan fingerprint density at radius 1 is 1.12 bits per heavy atom. The summed E-state index contributed by atoms with van der Waals surface area (Å²) in [5.41, 5.74) is 2.19. The van der Waals surface area contributed by atoms with Gasteiger partial charge in [0.25, 0.3) is 0 Å². The zero-order valence-electron chi connectivity index (χ0n) is 10.4. The monoisotopic (exact) mass is 246 g/mol. The third-order valence-electron chi connectivity index (χ3n) is 2.62. The molecule has 0 saturated heterocycles. The number of nitrogens with zero attached hydrogens (tertiary/aromatic N) is 1. The smallest absolute Gasteiger partial charge is 0.0544 e. The van der Waals surface area contributed by atoms with Crippen LogP contribution in [0, 0.1) is 6.92 Å². The predicted octanol–water partition coefficient (Wildman–Crippen LogP) is 3.30. The molecule has 0 spiro atoms. The summed E-state index contributed by atoms with van der Waals surface area (Å²) >= 11 is 1.89. The van der Waals surface area contributed by atoms with Gasteiger partial charge in [0.1, 0.15) is 0 Å². The number of hydrogen-bond acceptors (Lipinski definition) is 3. The van der Waals surface area contributed by atoms with Crippen LogP contribution in [0.4, 0.5) is 0 Å². The van der Waals surface area contributed by atoms with E-state index in [1.807, 2.05) is 24.3 Å². The summed E-state index contributed by atoms with van der Waals surface area (Å²) in [5, 5.41) is 3.43. The molecule has 0 aliphatic carbocycles. The van der Waals surface area contributed by atoms with E-state index in [0.29, 0.717) is 0 Å². The second-order valence-electron chi connectivity index (χ2n) is 4.10. The highest BCUT2D eigenvalue weighted by atomic mass is 32.1. The van der Waals surface area contributed by atoms with E-state index in [1.165, 1.54) is 9.75 Å². The Kier molecular flexibility index (Phi) is 4.29. The Labute approximate surface area is 107 Å². The molecule has 0 atom stereocenters. The van der Waals surface area contributed by atoms with Gasteiger partial charge in [0.2, 0.25) is 0 Å². The maximum absolute atomic E-state index is 4.47. The van der Waals surface area contributed by atoms with E-state index in [2.05, 4.69) is 41.5 Å². The van der Waals surface area contributed by atoms with Crippen molar-refractivity contribution in [2.75, 3.05) is 0 Å². The molecule has 3 heteroatoms. The minimum absolute atomic E-state index is 0.834. The molecule has 2 nitrogen and oxygen atoms in total. The summed E-state index contributed by atoms with van der Waals surface area (Å²) in [6.45, 7) is 5.98. The lowest BCUT2D eigenvalue weighted by molar-refractivity contribution is 0.685. The number of hydrogen-bond donors (Lipinski definition) is 1. The molecular weight excluding hydrogens is 228 g/mol. The maximum atomic E-state index is 4.47. The van der Waals surface area contributed by atoms with Crippen molar-refractivity contribution in [2.45, 2.75) is 33.4 Å². The molecule has 2 rings (SSSR count). The number of aryl methyl sites for hydroxylation is 2. The average molecular weight is 246 g/mol. The van der Waals surface area contributed by atoms with Crippen molar-refractivity contribution >= 4 is 11.3 Å². The molecular formula is C14H18N2S. The number of thiophene rings is 1. The van der Waals surface area contributed by atoms with Crippen LogP contribution in [-0.4, -0.2) is 4.98 Å². The third kappa shape index (κ3) is 3.65. The van der Waals surface area contributed by atoms with E-state index in [1.54, 1.807) is 0 Å². The van der Waals surface area contributed by atoms with Crippen molar-refractivity contribution in [1.82, 2.24) is 10.3 Å². The molecule has 90 valence electrons. The van der Waals surface area contributed by atoms with Gasteiger partial charge in [-0.2, -0.15) is 0 Å². The number of rotatable bonds is 5. The fourth-order valence-corrected chi connectivity index (χ4v) is 2.65. The second kappa shape index (κ2) is 5.94. The van der Waals surface area contributed by atoms with Crippen LogP contribution >= 0.6 is 11.3 Å². The Balaban J connectivity index is 1.83. The molecule has 0 bridgehead atoms. The lowest BCUT2D eigenvalue weighted by Crippen LogP contribution is -2.12. The molecule has 2 heterocycles. The van der Waals surface area contributed by atoms with Crippen LogP contribution in [0.15, 0.2) is 30.3 Å². The predicted molar refractivity (Wildman–Crippen MR) is 73.2 cm³/mol. The van der Waals surface area contributed by atoms with Crippen molar-refractivity contribution in [2.24, 2.45) is 0 Å². The lowest BCUT2D eigenvalue weighted by atomic mass is 10.3. The van der Waals surface area contributed by atoms with E-state index < -0.39 is 0 Å². The van der Waals surface area contributed by atoms with Gasteiger partial charge in [0.15, 0.2) is 0 Å². The van der Waals surface area contributed by atoms with Crippen molar-refractivity contribution in [3.63, 3.8) is 0 Å². The zero-order chi connectivity index (χ0) is 12.1. The summed E-state index contributed by atoms with van der Waals surface area (Å²) in [4.78, 5) is 7.32. The number of aromatic nitrogens is 1. The van der Waals surface area contributed by atoms with E-state index in [-0.39, 0.29) is 0 Å². The molecule has 2 aromatic rings. The number of nitrogens with one attached hydrogen (secondary N) is 1. The van der Waals surface area contributed by atoms with E-state index >= 15 is 0 Å². The van der Waals surface area contributed by atoms with Crippen LogP contribution in [0.5, 0.6) is 0 Å². The second-order valence-corrected chi connectivity index (χ2v) is 5.35. The first-order chi connectivity index (χ1) is 8.28. The topological polar surface area (TPSA) is 24.9 Å². The average Bonchev–Trinajstić information content (AvgIpc) is 2.77. The molecule has 0 unspecified atom stereocenters. The van der Waals surface area contributed by atoms with Crippen LogP contribution in [0.25, 0.3) is 0 Å². The minimum atomic E-state index is 0.834. The molecule has 1 N–H and O–H groups in total. The first-order valence-electron chi connectivity index (χ1n) is 5.99. The summed E-state index contributed by atoms with van der Waals surface area (Å²) < 4.78 is 0. The number of pyridine rings is 1. The normalized spacial score (nSPS) is 10.7. The highest BCUT2D eigenvalue weighted by Crippen LogP contribution is 2.16. The fourth-order valence-electron chi connectivity index (χ4n) is 1.72. The van der Waals surface area contributed by atoms with E-state index in [9.17, 15) is 0 Å². The van der Waals surface area contributed by atoms with Gasteiger partial charge in [-0.15, -0.1) is 11.3 Å². The molecule has 0 aliphatic heterocycles. The van der Waals surface area contributed by atoms with E-state index in [4.69, 9.17) is 0 Å². The van der Waals surface area contributed by atoms with Crippen LogP contribution in [0.1, 0.15) is 28.1 Å². The first kappa shape index (κ1) is 12.3. The van der Waals surface area contributed by atoms with Crippen LogP contribution in [-0.2, 0) is 19.5 Å². The van der Waals surface area contributed by atoms with Gasteiger partial charge in [-0.25, -0.2) is 0 Å². The molecule has 0 aliphatic rings. The highest BCUT2D eigenvalue weighted by molar-refractivity contribution is 7.11. The Bertz CT molecular complexity index is 477. The van der Waals surface area contributed by atoms with Crippen LogP contribution in [0.2, 0.25) is 0 Å². The molecule has 0 fully saturated rings. The Morgan fingerprint density at radius 2 is 1.94 bits per heavy atom. The summed E-state index contributed by atoms with van der Waals surface area (Å²) in [6, 6.07) is 10.6. The van der Waals surface area contributed by atoms with Crippen molar-refractivity contribution in [1.29, 1.82) is 0 Å². The first-order valence-corrected chi connectivity index (χ1v) is 6.80. The maximum Gasteiger partial charge on any atom is 0.0544 e. The molecule has 17 heavy (non-hydrogen) atoms. The molecule has 2 aromatic heterocycles. The largest absolute Gasteiger partial charge is 0.306 e.